The van der Waals surface area contributed by atoms with Crippen LogP contribution in [0.5, 0.6) is 0 Å². The van der Waals surface area contributed by atoms with E-state index in [0.717, 1.165) is 37.4 Å². The molecular weight excluding hydrogens is 378 g/mol. The number of aromatic amines is 1. The van der Waals surface area contributed by atoms with Crippen LogP contribution >= 0.6 is 11.3 Å². The summed E-state index contributed by atoms with van der Waals surface area (Å²) in [6.07, 6.45) is 3.74. The third-order valence-corrected chi connectivity index (χ3v) is 5.53. The first-order valence-corrected chi connectivity index (χ1v) is 10.0. The molecule has 0 fully saturated rings. The van der Waals surface area contributed by atoms with Gasteiger partial charge >= 0.3 is 0 Å². The summed E-state index contributed by atoms with van der Waals surface area (Å²) in [6, 6.07) is 26.0. The van der Waals surface area contributed by atoms with Gasteiger partial charge in [0.25, 0.3) is 0 Å². The molecule has 29 heavy (non-hydrogen) atoms. The topological polar surface area (TPSA) is 65.4 Å². The molecular formula is C23H17N5S. The van der Waals surface area contributed by atoms with E-state index >= 15 is 0 Å². The zero-order chi connectivity index (χ0) is 19.5. The first-order chi connectivity index (χ1) is 14.4. The van der Waals surface area contributed by atoms with E-state index < -0.39 is 0 Å². The molecule has 5 nitrogen and oxygen atoms in total. The third kappa shape index (κ3) is 3.66. The fourth-order valence-electron chi connectivity index (χ4n) is 3.09. The molecule has 2 N–H and O–H groups in total. The summed E-state index contributed by atoms with van der Waals surface area (Å²) >= 11 is 1.59. The van der Waals surface area contributed by atoms with Crippen molar-refractivity contribution < 1.29 is 0 Å². The Morgan fingerprint density at radius 2 is 1.72 bits per heavy atom. The lowest BCUT2D eigenvalue weighted by molar-refractivity contribution is 1.03. The number of aromatic nitrogens is 2. The molecule has 0 amide bonds. The van der Waals surface area contributed by atoms with Crippen LogP contribution < -0.4 is 5.43 Å². The highest BCUT2D eigenvalue weighted by atomic mass is 32.1. The molecule has 5 rings (SSSR count). The van der Waals surface area contributed by atoms with E-state index in [-0.39, 0.29) is 0 Å². The van der Waals surface area contributed by atoms with Gasteiger partial charge in [-0.1, -0.05) is 48.5 Å². The monoisotopic (exact) mass is 395 g/mol. The third-order valence-electron chi connectivity index (χ3n) is 4.49. The van der Waals surface area contributed by atoms with Crippen LogP contribution in [0.3, 0.4) is 0 Å². The largest absolute Gasteiger partial charge is 0.361 e. The van der Waals surface area contributed by atoms with Crippen molar-refractivity contribution in [2.75, 3.05) is 0 Å². The molecule has 2 aromatic heterocycles. The molecule has 0 aliphatic heterocycles. The zero-order valence-corrected chi connectivity index (χ0v) is 16.2. The summed E-state index contributed by atoms with van der Waals surface area (Å²) in [6.45, 7) is 0. The van der Waals surface area contributed by atoms with Crippen LogP contribution in [0.1, 0.15) is 10.6 Å². The summed E-state index contributed by atoms with van der Waals surface area (Å²) in [5, 5.41) is 6.37. The normalized spacial score (nSPS) is 12.2. The van der Waals surface area contributed by atoms with Gasteiger partial charge in [-0.25, -0.2) is 9.98 Å². The molecule has 0 saturated carbocycles. The van der Waals surface area contributed by atoms with Gasteiger partial charge in [-0.05, 0) is 30.3 Å². The number of thiazole rings is 1. The predicted octanol–water partition coefficient (Wildman–Crippen LogP) is 5.48. The second-order valence-electron chi connectivity index (χ2n) is 6.44. The minimum absolute atomic E-state index is 0.619. The van der Waals surface area contributed by atoms with E-state index in [9.17, 15) is 0 Å². The molecule has 2 heterocycles. The van der Waals surface area contributed by atoms with Crippen molar-refractivity contribution in [1.29, 1.82) is 0 Å². The Hall–Kier alpha value is -3.77. The highest BCUT2D eigenvalue weighted by molar-refractivity contribution is 7.20. The second-order valence-corrected chi connectivity index (χ2v) is 7.47. The first-order valence-electron chi connectivity index (χ1n) is 9.22. The second kappa shape index (κ2) is 7.69. The van der Waals surface area contributed by atoms with Crippen molar-refractivity contribution in [2.24, 2.45) is 10.1 Å². The minimum atomic E-state index is 0.619. The SMILES string of the molecule is C(=N\NC(=Nc1ccccc1)c1nc2ccccc2s1)/c1c[nH]c2ccccc12. The van der Waals surface area contributed by atoms with E-state index in [1.807, 2.05) is 72.9 Å². The molecule has 0 aliphatic rings. The Kier molecular flexibility index (Phi) is 4.60. The Morgan fingerprint density at radius 3 is 2.62 bits per heavy atom. The number of para-hydroxylation sites is 3. The fourth-order valence-corrected chi connectivity index (χ4v) is 3.99. The smallest absolute Gasteiger partial charge is 0.183 e. The quantitative estimate of drug-likeness (QED) is 0.240. The summed E-state index contributed by atoms with van der Waals surface area (Å²) in [5.74, 6) is 0.619. The van der Waals surface area contributed by atoms with Crippen LogP contribution in [0.4, 0.5) is 5.69 Å². The van der Waals surface area contributed by atoms with Gasteiger partial charge in [0.2, 0.25) is 0 Å². The number of aliphatic imine (C=N–C) groups is 1. The Morgan fingerprint density at radius 1 is 0.931 bits per heavy atom. The van der Waals surface area contributed by atoms with Crippen molar-refractivity contribution in [3.8, 4) is 0 Å². The molecule has 0 atom stereocenters. The number of fused-ring (bicyclic) bond motifs is 2. The summed E-state index contributed by atoms with van der Waals surface area (Å²) in [7, 11) is 0. The maximum atomic E-state index is 4.74. The Bertz CT molecular complexity index is 1300. The number of nitrogens with one attached hydrogen (secondary N) is 2. The van der Waals surface area contributed by atoms with E-state index in [4.69, 9.17) is 9.98 Å². The molecule has 5 aromatic rings. The molecule has 0 radical (unpaired) electrons. The molecule has 140 valence electrons. The van der Waals surface area contributed by atoms with Crippen LogP contribution in [0.25, 0.3) is 21.1 Å². The maximum Gasteiger partial charge on any atom is 0.183 e. The number of H-pyrrole nitrogens is 1. The Labute approximate surface area is 171 Å². The van der Waals surface area contributed by atoms with E-state index in [1.54, 1.807) is 17.6 Å². The number of benzene rings is 3. The van der Waals surface area contributed by atoms with Gasteiger partial charge in [-0.3, -0.25) is 5.43 Å². The summed E-state index contributed by atoms with van der Waals surface area (Å²) in [5.41, 5.74) is 6.99. The number of rotatable bonds is 4. The number of amidine groups is 1. The van der Waals surface area contributed by atoms with Gasteiger partial charge in [0, 0.05) is 22.7 Å². The van der Waals surface area contributed by atoms with Gasteiger partial charge in [0.1, 0.15) is 0 Å². The number of hydrazone groups is 1. The van der Waals surface area contributed by atoms with Crippen molar-refractivity contribution in [3.63, 3.8) is 0 Å². The molecule has 0 bridgehead atoms. The maximum absolute atomic E-state index is 4.74. The van der Waals surface area contributed by atoms with Crippen LogP contribution in [0.2, 0.25) is 0 Å². The van der Waals surface area contributed by atoms with Crippen LogP contribution in [0.15, 0.2) is 95.2 Å². The van der Waals surface area contributed by atoms with Gasteiger partial charge in [0.05, 0.1) is 22.1 Å². The lowest BCUT2D eigenvalue weighted by Gasteiger charge is -2.02. The van der Waals surface area contributed by atoms with Crippen molar-refractivity contribution in [2.45, 2.75) is 0 Å². The van der Waals surface area contributed by atoms with Crippen molar-refractivity contribution in [1.82, 2.24) is 15.4 Å². The number of hydrogen-bond donors (Lipinski definition) is 2. The molecule has 0 saturated heterocycles. The van der Waals surface area contributed by atoms with Crippen LogP contribution in [-0.2, 0) is 0 Å². The van der Waals surface area contributed by atoms with Gasteiger partial charge in [-0.15, -0.1) is 11.3 Å². The van der Waals surface area contributed by atoms with E-state index in [0.29, 0.717) is 5.84 Å². The molecule has 3 aromatic carbocycles. The average Bonchev–Trinajstić information content (AvgIpc) is 3.38. The zero-order valence-electron chi connectivity index (χ0n) is 15.4. The van der Waals surface area contributed by atoms with Gasteiger partial charge in [-0.2, -0.15) is 5.10 Å². The minimum Gasteiger partial charge on any atom is -0.361 e. The van der Waals surface area contributed by atoms with Gasteiger partial charge in [0.15, 0.2) is 10.8 Å². The van der Waals surface area contributed by atoms with E-state index in [2.05, 4.69) is 27.6 Å². The van der Waals surface area contributed by atoms with Crippen molar-refractivity contribution >= 4 is 50.2 Å². The lowest BCUT2D eigenvalue weighted by atomic mass is 10.2. The number of hydrogen-bond acceptors (Lipinski definition) is 4. The fraction of sp³-hybridized carbons (Fsp3) is 0. The lowest BCUT2D eigenvalue weighted by Crippen LogP contribution is -2.18. The van der Waals surface area contributed by atoms with Crippen molar-refractivity contribution in [3.05, 3.63) is 95.6 Å². The molecule has 0 spiro atoms. The average molecular weight is 395 g/mol. The Balaban J connectivity index is 1.49. The first kappa shape index (κ1) is 17.3. The van der Waals surface area contributed by atoms with E-state index in [1.165, 1.54) is 0 Å². The highest BCUT2D eigenvalue weighted by Crippen LogP contribution is 2.23. The number of nitrogens with zero attached hydrogens (tertiary/aromatic N) is 3. The molecule has 6 heteroatoms. The molecule has 0 aliphatic carbocycles. The van der Waals surface area contributed by atoms with Crippen LogP contribution in [-0.4, -0.2) is 22.0 Å². The van der Waals surface area contributed by atoms with Crippen LogP contribution in [0, 0.1) is 0 Å². The highest BCUT2D eigenvalue weighted by Gasteiger charge is 2.10. The summed E-state index contributed by atoms with van der Waals surface area (Å²) < 4.78 is 1.12. The standard InChI is InChI=1S/C23H17N5S/c1-2-8-17(9-3-1)26-22(23-27-20-12-6-7-13-21(20)29-23)28-25-15-16-14-24-19-11-5-4-10-18(16)19/h1-15,24H,(H,26,28)/b25-15+. The van der Waals surface area contributed by atoms with Gasteiger partial charge < -0.3 is 4.98 Å². The molecule has 0 unspecified atom stereocenters. The predicted molar refractivity (Wildman–Crippen MR) is 121 cm³/mol. The summed E-state index contributed by atoms with van der Waals surface area (Å²) in [4.78, 5) is 12.7.